The van der Waals surface area contributed by atoms with Crippen LogP contribution in [0.3, 0.4) is 0 Å². The van der Waals surface area contributed by atoms with Gasteiger partial charge in [-0.3, -0.25) is 9.69 Å². The van der Waals surface area contributed by atoms with Gasteiger partial charge in [0.2, 0.25) is 5.91 Å². The minimum Gasteiger partial charge on any atom is -0.381 e. The van der Waals surface area contributed by atoms with Crippen molar-refractivity contribution in [1.29, 1.82) is 0 Å². The van der Waals surface area contributed by atoms with Gasteiger partial charge in [-0.1, -0.05) is 42.5 Å². The molecule has 3 heterocycles. The third kappa shape index (κ3) is 3.65. The van der Waals surface area contributed by atoms with Crippen molar-refractivity contribution in [2.45, 2.75) is 37.8 Å². The zero-order chi connectivity index (χ0) is 17.1. The Hall–Kier alpha value is -1.65. The van der Waals surface area contributed by atoms with Crippen LogP contribution in [0.15, 0.2) is 36.4 Å². The highest BCUT2D eigenvalue weighted by atomic mass is 16.5. The molecular formula is C21H28N2O2. The molecule has 3 saturated heterocycles. The number of hydrogen-bond acceptors (Lipinski definition) is 3. The summed E-state index contributed by atoms with van der Waals surface area (Å²) in [6.07, 6.45) is 8.51. The maximum atomic E-state index is 12.9. The average molecular weight is 340 g/mol. The zero-order valence-corrected chi connectivity index (χ0v) is 14.8. The molecule has 4 nitrogen and oxygen atoms in total. The second-order valence-corrected chi connectivity index (χ2v) is 7.44. The number of carbonyl (C=O) groups excluding carboxylic acids is 1. The molecule has 0 N–H and O–H groups in total. The number of rotatable bonds is 4. The summed E-state index contributed by atoms with van der Waals surface area (Å²) in [4.78, 5) is 17.6. The Labute approximate surface area is 150 Å². The first-order valence-corrected chi connectivity index (χ1v) is 9.67. The molecule has 0 aromatic heterocycles. The monoisotopic (exact) mass is 340 g/mol. The number of benzene rings is 1. The molecule has 4 heteroatoms. The van der Waals surface area contributed by atoms with Crippen LogP contribution in [0, 0.1) is 5.92 Å². The molecular weight excluding hydrogens is 312 g/mol. The topological polar surface area (TPSA) is 32.8 Å². The fourth-order valence-electron chi connectivity index (χ4n) is 4.64. The van der Waals surface area contributed by atoms with E-state index in [4.69, 9.17) is 4.74 Å². The van der Waals surface area contributed by atoms with E-state index in [2.05, 4.69) is 46.2 Å². The lowest BCUT2D eigenvalue weighted by atomic mass is 9.98. The summed E-state index contributed by atoms with van der Waals surface area (Å²) < 4.78 is 5.41. The van der Waals surface area contributed by atoms with Gasteiger partial charge in [-0.25, -0.2) is 0 Å². The molecule has 0 spiro atoms. The van der Waals surface area contributed by atoms with Gasteiger partial charge in [0.1, 0.15) is 0 Å². The van der Waals surface area contributed by atoms with Gasteiger partial charge >= 0.3 is 0 Å². The van der Waals surface area contributed by atoms with Crippen molar-refractivity contribution >= 4 is 12.0 Å². The van der Waals surface area contributed by atoms with Crippen LogP contribution in [-0.2, 0) is 9.53 Å². The molecule has 0 aliphatic carbocycles. The van der Waals surface area contributed by atoms with Crippen LogP contribution in [0.2, 0.25) is 0 Å². The molecule has 3 aliphatic rings. The zero-order valence-electron chi connectivity index (χ0n) is 14.8. The van der Waals surface area contributed by atoms with Crippen molar-refractivity contribution in [2.75, 3.05) is 32.8 Å². The number of likely N-dealkylation sites (tertiary alicyclic amines) is 2. The number of fused-ring (bicyclic) bond motifs is 1. The largest absolute Gasteiger partial charge is 0.381 e. The summed E-state index contributed by atoms with van der Waals surface area (Å²) in [5, 5.41) is 0. The molecule has 0 bridgehead atoms. The standard InChI is InChI=1S/C21H28N2O2/c24-21(18-10-15-25-16-11-18)23-14-9-19-20(23)8-13-22(19)12-4-7-17-5-2-1-3-6-17/h1-7,18-20H,8-16H2/b7-4+/t19-,20-/m0/s1. The third-order valence-electron chi connectivity index (χ3n) is 5.99. The van der Waals surface area contributed by atoms with Crippen molar-refractivity contribution in [1.82, 2.24) is 9.80 Å². The Morgan fingerprint density at radius 3 is 2.60 bits per heavy atom. The lowest BCUT2D eigenvalue weighted by Gasteiger charge is -2.30. The number of amides is 1. The molecule has 0 unspecified atom stereocenters. The molecule has 25 heavy (non-hydrogen) atoms. The van der Waals surface area contributed by atoms with Gasteiger partial charge in [0.25, 0.3) is 0 Å². The number of hydrogen-bond donors (Lipinski definition) is 0. The maximum Gasteiger partial charge on any atom is 0.226 e. The fourth-order valence-corrected chi connectivity index (χ4v) is 4.64. The minimum atomic E-state index is 0.194. The second kappa shape index (κ2) is 7.71. The van der Waals surface area contributed by atoms with Gasteiger partial charge in [0.05, 0.1) is 0 Å². The van der Waals surface area contributed by atoms with Crippen molar-refractivity contribution < 1.29 is 9.53 Å². The van der Waals surface area contributed by atoms with Crippen LogP contribution < -0.4 is 0 Å². The quantitative estimate of drug-likeness (QED) is 0.845. The molecule has 134 valence electrons. The molecule has 4 rings (SSSR count). The van der Waals surface area contributed by atoms with E-state index in [1.54, 1.807) is 0 Å². The first-order chi connectivity index (χ1) is 12.3. The SMILES string of the molecule is O=C(C1CCOCC1)N1CC[C@H]2[C@@H]1CCN2C/C=C/c1ccccc1. The van der Waals surface area contributed by atoms with Crippen LogP contribution in [-0.4, -0.2) is 60.6 Å². The van der Waals surface area contributed by atoms with E-state index in [1.165, 1.54) is 5.56 Å². The molecule has 0 saturated carbocycles. The highest BCUT2D eigenvalue weighted by Crippen LogP contribution is 2.33. The van der Waals surface area contributed by atoms with Crippen molar-refractivity contribution in [3.05, 3.63) is 42.0 Å². The predicted octanol–water partition coefficient (Wildman–Crippen LogP) is 2.80. The van der Waals surface area contributed by atoms with E-state index in [0.29, 0.717) is 18.0 Å². The lowest BCUT2D eigenvalue weighted by Crippen LogP contribution is -2.43. The molecule has 0 radical (unpaired) electrons. The van der Waals surface area contributed by atoms with Crippen molar-refractivity contribution in [3.63, 3.8) is 0 Å². The normalized spacial score (nSPS) is 27.9. The average Bonchev–Trinajstić information content (AvgIpc) is 3.26. The summed E-state index contributed by atoms with van der Waals surface area (Å²) in [6, 6.07) is 11.4. The van der Waals surface area contributed by atoms with Gasteiger partial charge in [0, 0.05) is 50.8 Å². The van der Waals surface area contributed by atoms with E-state index < -0.39 is 0 Å². The Balaban J connectivity index is 1.33. The predicted molar refractivity (Wildman–Crippen MR) is 99.1 cm³/mol. The van der Waals surface area contributed by atoms with E-state index in [0.717, 1.165) is 58.5 Å². The van der Waals surface area contributed by atoms with Crippen molar-refractivity contribution in [3.8, 4) is 0 Å². The van der Waals surface area contributed by atoms with Crippen LogP contribution in [0.1, 0.15) is 31.2 Å². The van der Waals surface area contributed by atoms with Crippen LogP contribution in [0.4, 0.5) is 0 Å². The van der Waals surface area contributed by atoms with Gasteiger partial charge in [0.15, 0.2) is 0 Å². The third-order valence-corrected chi connectivity index (χ3v) is 5.99. The van der Waals surface area contributed by atoms with Gasteiger partial charge in [-0.15, -0.1) is 0 Å². The van der Waals surface area contributed by atoms with Crippen LogP contribution >= 0.6 is 0 Å². The summed E-state index contributed by atoms with van der Waals surface area (Å²) in [6.45, 7) is 4.51. The van der Waals surface area contributed by atoms with Crippen LogP contribution in [0.25, 0.3) is 6.08 Å². The van der Waals surface area contributed by atoms with Gasteiger partial charge in [-0.05, 0) is 31.2 Å². The number of ether oxygens (including phenoxy) is 1. The van der Waals surface area contributed by atoms with E-state index >= 15 is 0 Å². The van der Waals surface area contributed by atoms with Crippen molar-refractivity contribution in [2.24, 2.45) is 5.92 Å². The van der Waals surface area contributed by atoms with E-state index in [-0.39, 0.29) is 5.92 Å². The molecule has 1 aromatic carbocycles. The van der Waals surface area contributed by atoms with E-state index in [1.807, 2.05) is 6.07 Å². The number of carbonyl (C=O) groups is 1. The number of nitrogens with zero attached hydrogens (tertiary/aromatic N) is 2. The first-order valence-electron chi connectivity index (χ1n) is 9.67. The minimum absolute atomic E-state index is 0.194. The summed E-state index contributed by atoms with van der Waals surface area (Å²) in [7, 11) is 0. The Bertz CT molecular complexity index is 610. The summed E-state index contributed by atoms with van der Waals surface area (Å²) in [5.74, 6) is 0.581. The second-order valence-electron chi connectivity index (χ2n) is 7.44. The molecule has 1 aromatic rings. The molecule has 3 aliphatic heterocycles. The first kappa shape index (κ1) is 16.8. The lowest BCUT2D eigenvalue weighted by molar-refractivity contribution is -0.139. The Morgan fingerprint density at radius 1 is 1.04 bits per heavy atom. The van der Waals surface area contributed by atoms with Crippen LogP contribution in [0.5, 0.6) is 0 Å². The molecule has 3 fully saturated rings. The highest BCUT2D eigenvalue weighted by molar-refractivity contribution is 5.79. The van der Waals surface area contributed by atoms with Gasteiger partial charge in [-0.2, -0.15) is 0 Å². The Kier molecular flexibility index (Phi) is 5.18. The summed E-state index contributed by atoms with van der Waals surface area (Å²) >= 11 is 0. The molecule has 2 atom stereocenters. The van der Waals surface area contributed by atoms with Gasteiger partial charge < -0.3 is 9.64 Å². The molecule has 1 amide bonds. The summed E-state index contributed by atoms with van der Waals surface area (Å²) in [5.41, 5.74) is 1.25. The maximum absolute atomic E-state index is 12.9. The fraction of sp³-hybridized carbons (Fsp3) is 0.571. The highest BCUT2D eigenvalue weighted by Gasteiger charge is 2.45. The van der Waals surface area contributed by atoms with E-state index in [9.17, 15) is 4.79 Å². The smallest absolute Gasteiger partial charge is 0.226 e. The Morgan fingerprint density at radius 2 is 1.80 bits per heavy atom.